The molecule has 0 atom stereocenters. The van der Waals surface area contributed by atoms with Gasteiger partial charge in [0.15, 0.2) is 11.4 Å². The van der Waals surface area contributed by atoms with Crippen molar-refractivity contribution in [3.05, 3.63) is 17.6 Å². The van der Waals surface area contributed by atoms with Gasteiger partial charge in [-0.15, -0.1) is 0 Å². The molecule has 2 N–H and O–H groups in total. The van der Waals surface area contributed by atoms with Gasteiger partial charge < -0.3 is 5.73 Å². The molecule has 0 spiro atoms. The van der Waals surface area contributed by atoms with E-state index in [4.69, 9.17) is 5.73 Å². The third-order valence-corrected chi connectivity index (χ3v) is 1.33. The molecule has 0 amide bonds. The Kier molecular flexibility index (Phi) is 2.49. The number of nitrogens with two attached hydrogens (primary N) is 1. The number of nitrogens with zero attached hydrogens (tertiary/aromatic N) is 2. The highest BCUT2D eigenvalue weighted by molar-refractivity contribution is 5.30. The van der Waals surface area contributed by atoms with E-state index in [1.54, 1.807) is 0 Å². The summed E-state index contributed by atoms with van der Waals surface area (Å²) in [4.78, 5) is 5.16. The predicted octanol–water partition coefficient (Wildman–Crippen LogP) is 2.10. The summed E-state index contributed by atoms with van der Waals surface area (Å²) in [6, 6.07) is 0. The number of alkyl halides is 6. The van der Waals surface area contributed by atoms with E-state index in [-0.39, 0.29) is 0 Å². The van der Waals surface area contributed by atoms with Gasteiger partial charge in [0.1, 0.15) is 5.82 Å². The predicted molar refractivity (Wildman–Crippen MR) is 36.4 cm³/mol. The first-order chi connectivity index (χ1) is 6.62. The topological polar surface area (TPSA) is 51.8 Å². The minimum atomic E-state index is -5.24. The molecule has 3 nitrogen and oxygen atoms in total. The van der Waals surface area contributed by atoms with Crippen molar-refractivity contribution in [1.82, 2.24) is 9.97 Å². The Hall–Kier alpha value is -1.54. The zero-order valence-electron chi connectivity index (χ0n) is 6.82. The minimum absolute atomic E-state index is 0.415. The van der Waals surface area contributed by atoms with Crippen molar-refractivity contribution in [3.63, 3.8) is 0 Å². The fraction of sp³-hybridized carbons (Fsp3) is 0.333. The maximum absolute atomic E-state index is 12.1. The number of anilines is 1. The van der Waals surface area contributed by atoms with Crippen LogP contribution in [0.4, 0.5) is 32.2 Å². The number of hydrogen-bond donors (Lipinski definition) is 1. The Labute approximate surface area is 78.9 Å². The molecule has 9 heteroatoms. The highest BCUT2D eigenvalue weighted by Crippen LogP contribution is 2.37. The molecule has 1 heterocycles. The number of rotatable bonds is 0. The van der Waals surface area contributed by atoms with Gasteiger partial charge in [0.25, 0.3) is 0 Å². The van der Waals surface area contributed by atoms with Crippen LogP contribution in [0.2, 0.25) is 0 Å². The molecule has 0 aliphatic heterocycles. The van der Waals surface area contributed by atoms with Gasteiger partial charge in [0, 0.05) is 0 Å². The van der Waals surface area contributed by atoms with Crippen LogP contribution in [0, 0.1) is 0 Å². The van der Waals surface area contributed by atoms with Crippen molar-refractivity contribution < 1.29 is 26.3 Å². The molecule has 0 aromatic carbocycles. The monoisotopic (exact) mass is 231 g/mol. The van der Waals surface area contributed by atoms with Crippen LogP contribution < -0.4 is 5.73 Å². The van der Waals surface area contributed by atoms with E-state index in [1.165, 1.54) is 0 Å². The number of hydrogen-bond acceptors (Lipinski definition) is 3. The van der Waals surface area contributed by atoms with Crippen molar-refractivity contribution in [1.29, 1.82) is 0 Å². The first-order valence-electron chi connectivity index (χ1n) is 3.39. The average molecular weight is 231 g/mol. The molecule has 15 heavy (non-hydrogen) atoms. The quantitative estimate of drug-likeness (QED) is 0.695. The fourth-order valence-corrected chi connectivity index (χ4v) is 0.808. The Bertz CT molecular complexity index is 368. The van der Waals surface area contributed by atoms with E-state index in [9.17, 15) is 26.3 Å². The lowest BCUT2D eigenvalue weighted by molar-refractivity contribution is -0.167. The molecule has 0 aliphatic rings. The molecule has 0 saturated heterocycles. The highest BCUT2D eigenvalue weighted by atomic mass is 19.4. The molecule has 0 radical (unpaired) electrons. The number of nitrogen functional groups attached to an aromatic ring is 1. The smallest absolute Gasteiger partial charge is 0.382 e. The lowest BCUT2D eigenvalue weighted by Gasteiger charge is -2.13. The van der Waals surface area contributed by atoms with E-state index >= 15 is 0 Å². The summed E-state index contributed by atoms with van der Waals surface area (Å²) in [6.07, 6.45) is -10.0. The van der Waals surface area contributed by atoms with Gasteiger partial charge in [-0.1, -0.05) is 0 Å². The fourth-order valence-electron chi connectivity index (χ4n) is 0.808. The summed E-state index contributed by atoms with van der Waals surface area (Å²) in [5.74, 6) is -0.727. The normalized spacial score (nSPS) is 12.9. The summed E-state index contributed by atoms with van der Waals surface area (Å²) in [5, 5.41) is 0. The summed E-state index contributed by atoms with van der Waals surface area (Å²) in [5.41, 5.74) is 0.604. The summed E-state index contributed by atoms with van der Waals surface area (Å²) < 4.78 is 72.5. The van der Waals surface area contributed by atoms with Crippen LogP contribution in [0.25, 0.3) is 0 Å². The first kappa shape index (κ1) is 11.5. The SMILES string of the molecule is Nc1cnc(C(F)(F)F)c(C(F)(F)F)n1. The Balaban J connectivity index is 3.41. The number of aromatic nitrogens is 2. The van der Waals surface area contributed by atoms with Crippen molar-refractivity contribution in [2.24, 2.45) is 0 Å². The van der Waals surface area contributed by atoms with Crippen LogP contribution in [0.1, 0.15) is 11.4 Å². The second-order valence-corrected chi connectivity index (χ2v) is 2.49. The third-order valence-electron chi connectivity index (χ3n) is 1.33. The molecule has 1 rings (SSSR count). The van der Waals surface area contributed by atoms with Gasteiger partial charge in [-0.2, -0.15) is 26.3 Å². The number of halogens is 6. The van der Waals surface area contributed by atoms with Crippen LogP contribution in [0.5, 0.6) is 0 Å². The second kappa shape index (κ2) is 3.24. The minimum Gasteiger partial charge on any atom is -0.382 e. The van der Waals surface area contributed by atoms with Crippen molar-refractivity contribution in [3.8, 4) is 0 Å². The lowest BCUT2D eigenvalue weighted by atomic mass is 10.3. The second-order valence-electron chi connectivity index (χ2n) is 2.49. The summed E-state index contributed by atoms with van der Waals surface area (Å²) in [7, 11) is 0. The average Bonchev–Trinajstić information content (AvgIpc) is 2.00. The van der Waals surface area contributed by atoms with Gasteiger partial charge in [0.05, 0.1) is 6.20 Å². The Morgan fingerprint density at radius 3 is 1.80 bits per heavy atom. The summed E-state index contributed by atoms with van der Waals surface area (Å²) in [6.45, 7) is 0. The van der Waals surface area contributed by atoms with E-state index in [2.05, 4.69) is 9.97 Å². The van der Waals surface area contributed by atoms with Crippen LogP contribution >= 0.6 is 0 Å². The van der Waals surface area contributed by atoms with Gasteiger partial charge in [0.2, 0.25) is 0 Å². The van der Waals surface area contributed by atoms with Crippen molar-refractivity contribution in [2.45, 2.75) is 12.4 Å². The maximum Gasteiger partial charge on any atom is 0.435 e. The molecule has 0 fully saturated rings. The van der Waals surface area contributed by atoms with Crippen LogP contribution in [0.15, 0.2) is 6.20 Å². The summed E-state index contributed by atoms with van der Waals surface area (Å²) >= 11 is 0. The van der Waals surface area contributed by atoms with Gasteiger partial charge in [-0.3, -0.25) is 0 Å². The van der Waals surface area contributed by atoms with Gasteiger partial charge in [-0.25, -0.2) is 9.97 Å². The molecule has 0 saturated carbocycles. The molecule has 0 bridgehead atoms. The van der Waals surface area contributed by atoms with E-state index in [0.29, 0.717) is 6.20 Å². The molecule has 1 aromatic heterocycles. The van der Waals surface area contributed by atoms with E-state index in [1.807, 2.05) is 0 Å². The first-order valence-corrected chi connectivity index (χ1v) is 3.39. The van der Waals surface area contributed by atoms with Crippen molar-refractivity contribution in [2.75, 3.05) is 5.73 Å². The molecular weight excluding hydrogens is 228 g/mol. The van der Waals surface area contributed by atoms with Crippen LogP contribution in [0.3, 0.4) is 0 Å². The zero-order chi connectivity index (χ0) is 11.9. The van der Waals surface area contributed by atoms with Crippen molar-refractivity contribution >= 4 is 5.82 Å². The lowest BCUT2D eigenvalue weighted by Crippen LogP contribution is -2.21. The molecular formula is C6H3F6N3. The standard InChI is InChI=1S/C6H3F6N3/c7-5(8,9)3-4(6(10,11)12)15-2(13)1-14-3/h1H,(H2,13,15). The molecule has 84 valence electrons. The molecule has 0 aliphatic carbocycles. The van der Waals surface area contributed by atoms with E-state index < -0.39 is 29.6 Å². The zero-order valence-corrected chi connectivity index (χ0v) is 6.82. The van der Waals surface area contributed by atoms with Crippen LogP contribution in [-0.4, -0.2) is 9.97 Å². The molecule has 0 unspecified atom stereocenters. The molecule has 1 aromatic rings. The largest absolute Gasteiger partial charge is 0.435 e. The van der Waals surface area contributed by atoms with Gasteiger partial charge in [-0.05, 0) is 0 Å². The highest BCUT2D eigenvalue weighted by Gasteiger charge is 2.46. The third kappa shape index (κ3) is 2.48. The Morgan fingerprint density at radius 1 is 0.933 bits per heavy atom. The Morgan fingerprint density at radius 2 is 1.40 bits per heavy atom. The van der Waals surface area contributed by atoms with Gasteiger partial charge >= 0.3 is 12.4 Å². The van der Waals surface area contributed by atoms with Crippen LogP contribution in [-0.2, 0) is 12.4 Å². The van der Waals surface area contributed by atoms with E-state index in [0.717, 1.165) is 0 Å². The maximum atomic E-state index is 12.1.